The van der Waals surface area contributed by atoms with Gasteiger partial charge in [0.05, 0.1) is 20.6 Å². The average molecular weight is 500 g/mol. The molecule has 31 heavy (non-hydrogen) atoms. The number of sulfonamides is 2. The number of benzene rings is 3. The van der Waals surface area contributed by atoms with Gasteiger partial charge in [-0.3, -0.25) is 9.52 Å². The van der Waals surface area contributed by atoms with Gasteiger partial charge in [0.1, 0.15) is 4.90 Å². The van der Waals surface area contributed by atoms with Crippen molar-refractivity contribution in [2.45, 2.75) is 9.79 Å². The van der Waals surface area contributed by atoms with E-state index in [2.05, 4.69) is 4.72 Å². The Morgan fingerprint density at radius 3 is 2.13 bits per heavy atom. The molecule has 3 aromatic rings. The van der Waals surface area contributed by atoms with E-state index in [0.29, 0.717) is 21.2 Å². The Morgan fingerprint density at radius 2 is 1.52 bits per heavy atom. The van der Waals surface area contributed by atoms with E-state index >= 15 is 0 Å². The smallest absolute Gasteiger partial charge is 0.261 e. The van der Waals surface area contributed by atoms with E-state index in [1.807, 2.05) is 0 Å². The molecule has 0 saturated heterocycles. The Kier molecular flexibility index (Phi) is 6.30. The topological polar surface area (TPSA) is 149 Å². The number of anilines is 1. The lowest BCUT2D eigenvalue weighted by atomic mass is 10.1. The first-order valence-corrected chi connectivity index (χ1v) is 12.2. The lowest BCUT2D eigenvalue weighted by Crippen LogP contribution is -2.20. The number of nitrogens with one attached hydrogen (secondary N) is 1. The summed E-state index contributed by atoms with van der Waals surface area (Å²) < 4.78 is 51.9. The van der Waals surface area contributed by atoms with Crippen LogP contribution in [0.25, 0.3) is 11.1 Å². The standard InChI is InChI=1S/C19H15Cl2N3O5S2/c20-15-6-4-12(9-16(15)21)11-2-1-3-14(8-11)31(28,29)24-17-7-5-13(19(22)25)10-18(17)30(23,26)27/h1-10,24H,(H2,22,25)(H2,23,26,27). The zero-order chi connectivity index (χ0) is 23.0. The van der Waals surface area contributed by atoms with Crippen LogP contribution in [0.4, 0.5) is 5.69 Å². The van der Waals surface area contributed by atoms with Gasteiger partial charge >= 0.3 is 0 Å². The maximum atomic E-state index is 12.9. The molecule has 0 radical (unpaired) electrons. The van der Waals surface area contributed by atoms with Crippen molar-refractivity contribution >= 4 is 54.8 Å². The molecule has 0 bridgehead atoms. The molecule has 162 valence electrons. The number of halogens is 2. The normalized spacial score (nSPS) is 11.8. The number of carbonyl (C=O) groups excluding carboxylic acids is 1. The third-order valence-electron chi connectivity index (χ3n) is 4.21. The molecule has 0 unspecified atom stereocenters. The van der Waals surface area contributed by atoms with Gasteiger partial charge in [0.25, 0.3) is 10.0 Å². The van der Waals surface area contributed by atoms with Crippen LogP contribution in [0.2, 0.25) is 10.0 Å². The number of hydrogen-bond donors (Lipinski definition) is 3. The number of hydrogen-bond acceptors (Lipinski definition) is 5. The minimum absolute atomic E-state index is 0.143. The molecule has 0 saturated carbocycles. The SMILES string of the molecule is NC(=O)c1ccc(NS(=O)(=O)c2cccc(-c3ccc(Cl)c(Cl)c3)c2)c(S(N)(=O)=O)c1. The molecular formula is C19H15Cl2N3O5S2. The number of nitrogens with two attached hydrogens (primary N) is 2. The van der Waals surface area contributed by atoms with Crippen LogP contribution < -0.4 is 15.6 Å². The minimum atomic E-state index is -4.37. The first-order chi connectivity index (χ1) is 14.4. The highest BCUT2D eigenvalue weighted by Gasteiger charge is 2.22. The maximum absolute atomic E-state index is 12.9. The Balaban J connectivity index is 2.04. The van der Waals surface area contributed by atoms with Gasteiger partial charge in [0, 0.05) is 5.56 Å². The van der Waals surface area contributed by atoms with Gasteiger partial charge in [-0.1, -0.05) is 41.4 Å². The summed E-state index contributed by atoms with van der Waals surface area (Å²) >= 11 is 12.0. The number of primary amides is 1. The number of carbonyl (C=O) groups is 1. The van der Waals surface area contributed by atoms with Crippen molar-refractivity contribution < 1.29 is 21.6 Å². The highest BCUT2D eigenvalue weighted by atomic mass is 35.5. The molecule has 3 aromatic carbocycles. The van der Waals surface area contributed by atoms with Crippen LogP contribution in [0.15, 0.2) is 70.5 Å². The van der Waals surface area contributed by atoms with Crippen LogP contribution in [0.1, 0.15) is 10.4 Å². The molecule has 5 N–H and O–H groups in total. The summed E-state index contributed by atoms with van der Waals surface area (Å²) in [6.45, 7) is 0. The van der Waals surface area contributed by atoms with Crippen molar-refractivity contribution in [2.24, 2.45) is 10.9 Å². The predicted molar refractivity (Wildman–Crippen MR) is 119 cm³/mol. The lowest BCUT2D eigenvalue weighted by molar-refractivity contribution is 0.1000. The number of primary sulfonamides is 1. The lowest BCUT2D eigenvalue weighted by Gasteiger charge is -2.13. The molecule has 0 heterocycles. The second kappa shape index (κ2) is 8.48. The second-order valence-corrected chi connectivity index (χ2v) is 10.4. The van der Waals surface area contributed by atoms with Crippen LogP contribution in [-0.2, 0) is 20.0 Å². The molecule has 3 rings (SSSR count). The molecule has 8 nitrogen and oxygen atoms in total. The summed E-state index contributed by atoms with van der Waals surface area (Å²) in [6, 6.07) is 13.9. The van der Waals surface area contributed by atoms with E-state index in [0.717, 1.165) is 12.1 Å². The fourth-order valence-corrected chi connectivity index (χ4v) is 4.92. The largest absolute Gasteiger partial charge is 0.366 e. The molecule has 0 atom stereocenters. The molecule has 0 aliphatic heterocycles. The molecular weight excluding hydrogens is 485 g/mol. The quantitative estimate of drug-likeness (QED) is 0.475. The van der Waals surface area contributed by atoms with E-state index in [1.165, 1.54) is 24.3 Å². The maximum Gasteiger partial charge on any atom is 0.261 e. The van der Waals surface area contributed by atoms with E-state index in [9.17, 15) is 21.6 Å². The molecule has 0 fully saturated rings. The third kappa shape index (κ3) is 5.17. The summed E-state index contributed by atoms with van der Waals surface area (Å²) in [6.07, 6.45) is 0. The highest BCUT2D eigenvalue weighted by Crippen LogP contribution is 2.30. The Morgan fingerprint density at radius 1 is 0.839 bits per heavy atom. The van der Waals surface area contributed by atoms with Gasteiger partial charge in [-0.2, -0.15) is 0 Å². The molecule has 0 spiro atoms. The van der Waals surface area contributed by atoms with Crippen molar-refractivity contribution in [1.29, 1.82) is 0 Å². The van der Waals surface area contributed by atoms with E-state index < -0.39 is 30.8 Å². The monoisotopic (exact) mass is 499 g/mol. The third-order valence-corrected chi connectivity index (χ3v) is 7.27. The summed E-state index contributed by atoms with van der Waals surface area (Å²) in [4.78, 5) is 10.6. The number of amides is 1. The average Bonchev–Trinajstić information content (AvgIpc) is 2.69. The van der Waals surface area contributed by atoms with E-state index in [-0.39, 0.29) is 16.1 Å². The molecule has 0 aromatic heterocycles. The molecule has 1 amide bonds. The van der Waals surface area contributed by atoms with E-state index in [4.69, 9.17) is 34.1 Å². The van der Waals surface area contributed by atoms with Crippen LogP contribution in [0, 0.1) is 0 Å². The molecule has 0 aliphatic carbocycles. The fourth-order valence-electron chi connectivity index (χ4n) is 2.72. The Bertz CT molecular complexity index is 1410. The highest BCUT2D eigenvalue weighted by molar-refractivity contribution is 7.93. The summed E-state index contributed by atoms with van der Waals surface area (Å²) in [5, 5.41) is 5.83. The van der Waals surface area contributed by atoms with Crippen LogP contribution in [0.3, 0.4) is 0 Å². The van der Waals surface area contributed by atoms with E-state index in [1.54, 1.807) is 24.3 Å². The predicted octanol–water partition coefficient (Wildman–Crippen LogP) is 3.21. The van der Waals surface area contributed by atoms with Crippen molar-refractivity contribution in [3.8, 4) is 11.1 Å². The number of rotatable bonds is 6. The second-order valence-electron chi connectivity index (χ2n) is 6.38. The van der Waals surface area contributed by atoms with Gasteiger partial charge in [-0.15, -0.1) is 0 Å². The van der Waals surface area contributed by atoms with Gasteiger partial charge in [0.15, 0.2) is 0 Å². The van der Waals surface area contributed by atoms with Crippen molar-refractivity contribution in [2.75, 3.05) is 4.72 Å². The zero-order valence-corrected chi connectivity index (χ0v) is 18.7. The Hall–Kier alpha value is -2.63. The Labute approximate surface area is 188 Å². The van der Waals surface area contributed by atoms with Gasteiger partial charge in [-0.25, -0.2) is 22.0 Å². The summed E-state index contributed by atoms with van der Waals surface area (Å²) in [5.74, 6) is -0.895. The molecule has 12 heteroatoms. The van der Waals surface area contributed by atoms with Gasteiger partial charge in [0.2, 0.25) is 15.9 Å². The van der Waals surface area contributed by atoms with Crippen molar-refractivity contribution in [3.05, 3.63) is 76.3 Å². The van der Waals surface area contributed by atoms with Crippen LogP contribution >= 0.6 is 23.2 Å². The van der Waals surface area contributed by atoms with Crippen LogP contribution in [-0.4, -0.2) is 22.7 Å². The zero-order valence-electron chi connectivity index (χ0n) is 15.5. The van der Waals surface area contributed by atoms with Crippen molar-refractivity contribution in [3.63, 3.8) is 0 Å². The molecule has 0 aliphatic rings. The van der Waals surface area contributed by atoms with Gasteiger partial charge < -0.3 is 5.73 Å². The summed E-state index contributed by atoms with van der Waals surface area (Å²) in [7, 11) is -8.59. The summed E-state index contributed by atoms with van der Waals surface area (Å²) in [5.41, 5.74) is 5.85. The van der Waals surface area contributed by atoms with Gasteiger partial charge in [-0.05, 0) is 53.6 Å². The van der Waals surface area contributed by atoms with Crippen LogP contribution in [0.5, 0.6) is 0 Å². The van der Waals surface area contributed by atoms with Crippen molar-refractivity contribution in [1.82, 2.24) is 0 Å². The fraction of sp³-hybridized carbons (Fsp3) is 0. The first-order valence-electron chi connectivity index (χ1n) is 8.43. The minimum Gasteiger partial charge on any atom is -0.366 e. The first kappa shape index (κ1) is 23.0.